The van der Waals surface area contributed by atoms with Gasteiger partial charge in [-0.25, -0.2) is 18.2 Å². The van der Waals surface area contributed by atoms with E-state index in [-0.39, 0.29) is 54.1 Å². The smallest absolute Gasteiger partial charge is 0.328 e. The number of hydrogen-bond acceptors (Lipinski definition) is 9. The molecule has 0 saturated carbocycles. The Morgan fingerprint density at radius 1 is 1.12 bits per heavy atom. The predicted molar refractivity (Wildman–Crippen MR) is 190 cm³/mol. The van der Waals surface area contributed by atoms with E-state index in [0.717, 1.165) is 21.9 Å². The van der Waals surface area contributed by atoms with Crippen LogP contribution in [-0.2, 0) is 39.0 Å². The summed E-state index contributed by atoms with van der Waals surface area (Å²) in [5.74, 6) is -1.50. The zero-order valence-corrected chi connectivity index (χ0v) is 30.8. The second kappa shape index (κ2) is 16.4. The molecule has 3 atom stereocenters. The van der Waals surface area contributed by atoms with Gasteiger partial charge >= 0.3 is 6.03 Å². The fourth-order valence-electron chi connectivity index (χ4n) is 5.75. The molecule has 1 saturated heterocycles. The number of hydrogen-bond donors (Lipinski definition) is 3. The quantitative estimate of drug-likeness (QED) is 0.146. The number of anilines is 1. The minimum Gasteiger partial charge on any atom is -0.397 e. The molecule has 15 heteroatoms. The highest BCUT2D eigenvalue weighted by Crippen LogP contribution is 2.26. The van der Waals surface area contributed by atoms with Crippen LogP contribution in [0, 0.1) is 11.8 Å². The normalized spacial score (nSPS) is 15.8. The number of carbonyl (C=O) groups is 3. The summed E-state index contributed by atoms with van der Waals surface area (Å²) in [7, 11) is -4.13. The molecule has 4 rings (SSSR count). The number of thiazole rings is 1. The second-order valence-electron chi connectivity index (χ2n) is 12.9. The monoisotopic (exact) mass is 732 g/mol. The van der Waals surface area contributed by atoms with Crippen molar-refractivity contribution in [2.24, 2.45) is 11.8 Å². The average Bonchev–Trinajstić information content (AvgIpc) is 3.61. The number of aryl methyl sites for hydroxylation is 1. The summed E-state index contributed by atoms with van der Waals surface area (Å²) in [6.07, 6.45) is -0.453. The van der Waals surface area contributed by atoms with Gasteiger partial charge in [-0.15, -0.1) is 11.3 Å². The number of urea groups is 1. The van der Waals surface area contributed by atoms with Crippen LogP contribution in [0.5, 0.6) is 0 Å². The molecule has 4 amide bonds. The van der Waals surface area contributed by atoms with Crippen molar-refractivity contribution in [3.63, 3.8) is 0 Å². The number of nitrogens with zero attached hydrogens (tertiary/aromatic N) is 4. The van der Waals surface area contributed by atoms with Crippen molar-refractivity contribution >= 4 is 56.5 Å². The number of halogens is 1. The number of rotatable bonds is 16. The number of aliphatic hydroxyl groups excluding tert-OH is 1. The molecule has 0 spiro atoms. The van der Waals surface area contributed by atoms with Gasteiger partial charge in [-0.05, 0) is 48.4 Å². The Bertz CT molecular complexity index is 1740. The Morgan fingerprint density at radius 2 is 1.82 bits per heavy atom. The maximum Gasteiger partial charge on any atom is 0.328 e. The summed E-state index contributed by atoms with van der Waals surface area (Å²) >= 11 is 7.50. The molecule has 3 aromatic rings. The first-order valence-corrected chi connectivity index (χ1v) is 18.9. The van der Waals surface area contributed by atoms with E-state index in [0.29, 0.717) is 5.69 Å². The lowest BCUT2D eigenvalue weighted by Crippen LogP contribution is -2.57. The Labute approximate surface area is 297 Å². The van der Waals surface area contributed by atoms with Gasteiger partial charge in [0.2, 0.25) is 15.9 Å². The van der Waals surface area contributed by atoms with E-state index >= 15 is 0 Å². The Balaban J connectivity index is 1.59. The molecule has 2 aromatic carbocycles. The van der Waals surface area contributed by atoms with E-state index in [4.69, 9.17) is 17.3 Å². The van der Waals surface area contributed by atoms with Gasteiger partial charge in [0.15, 0.2) is 0 Å². The van der Waals surface area contributed by atoms with Gasteiger partial charge in [-0.2, -0.15) is 4.31 Å². The highest BCUT2D eigenvalue weighted by molar-refractivity contribution is 7.89. The average molecular weight is 733 g/mol. The summed E-state index contributed by atoms with van der Waals surface area (Å²) in [5.41, 5.74) is 7.42. The summed E-state index contributed by atoms with van der Waals surface area (Å²) in [6, 6.07) is 10.6. The topological polar surface area (TPSA) is 166 Å². The van der Waals surface area contributed by atoms with Crippen LogP contribution in [0.1, 0.15) is 50.9 Å². The predicted octanol–water partition coefficient (Wildman–Crippen LogP) is 4.17. The van der Waals surface area contributed by atoms with E-state index in [1.807, 2.05) is 56.5 Å². The van der Waals surface area contributed by atoms with Crippen LogP contribution in [0.15, 0.2) is 58.8 Å². The van der Waals surface area contributed by atoms with Gasteiger partial charge in [0.05, 0.1) is 45.0 Å². The molecular formula is C34H45ClN6O6S2. The zero-order valence-electron chi connectivity index (χ0n) is 28.4. The highest BCUT2D eigenvalue weighted by atomic mass is 35.5. The molecule has 0 aliphatic carbocycles. The van der Waals surface area contributed by atoms with Crippen LogP contribution in [0.3, 0.4) is 0 Å². The van der Waals surface area contributed by atoms with Crippen molar-refractivity contribution in [2.75, 3.05) is 25.4 Å². The minimum atomic E-state index is -4.13. The van der Waals surface area contributed by atoms with Crippen molar-refractivity contribution in [2.45, 2.75) is 77.1 Å². The van der Waals surface area contributed by atoms with E-state index in [1.165, 1.54) is 38.7 Å². The molecule has 266 valence electrons. The minimum absolute atomic E-state index is 0.00583. The van der Waals surface area contributed by atoms with Gasteiger partial charge in [-0.3, -0.25) is 14.5 Å². The molecule has 49 heavy (non-hydrogen) atoms. The van der Waals surface area contributed by atoms with Gasteiger partial charge in [0, 0.05) is 18.5 Å². The van der Waals surface area contributed by atoms with Crippen molar-refractivity contribution < 1.29 is 27.9 Å². The van der Waals surface area contributed by atoms with Crippen molar-refractivity contribution in [3.8, 4) is 0 Å². The lowest BCUT2D eigenvalue weighted by atomic mass is 9.97. The number of benzene rings is 2. The van der Waals surface area contributed by atoms with Crippen LogP contribution < -0.4 is 11.1 Å². The summed E-state index contributed by atoms with van der Waals surface area (Å²) in [4.78, 5) is 47.5. The molecule has 12 nitrogen and oxygen atoms in total. The van der Waals surface area contributed by atoms with E-state index in [9.17, 15) is 27.9 Å². The third kappa shape index (κ3) is 9.37. The molecule has 1 fully saturated rings. The lowest BCUT2D eigenvalue weighted by molar-refractivity contribution is -0.129. The number of imide groups is 1. The third-order valence-electron chi connectivity index (χ3n) is 8.20. The van der Waals surface area contributed by atoms with E-state index < -0.39 is 52.0 Å². The molecule has 0 bridgehead atoms. The molecule has 1 aromatic heterocycles. The fourth-order valence-corrected chi connectivity index (χ4v) is 8.26. The number of nitrogens with one attached hydrogen (secondary N) is 1. The van der Waals surface area contributed by atoms with E-state index in [2.05, 4.69) is 10.3 Å². The zero-order chi connectivity index (χ0) is 36.0. The standard InChI is InChI=1S/C34H45ClN6O6S2/c1-6-30-37-24(20-48-30)17-40-31(43)19-41(34(40)45)32(22(4)5)33(44)38-28(14-23-10-8-7-9-11-23)29(42)18-39(16-21(2)3)49(46,47)25-12-13-26(35)27(36)15-25/h7-13,15,20-22,28-29,32,42H,6,14,16-19,36H2,1-5H3,(H,38,44)/t28-,29-,32-/m0/s1. The number of sulfonamides is 1. The summed E-state index contributed by atoms with van der Waals surface area (Å²) < 4.78 is 28.8. The van der Waals surface area contributed by atoms with Gasteiger partial charge in [0.1, 0.15) is 12.6 Å². The van der Waals surface area contributed by atoms with Gasteiger partial charge in [-0.1, -0.05) is 76.6 Å². The second-order valence-corrected chi connectivity index (χ2v) is 16.2. The maximum atomic E-state index is 14.1. The fraction of sp³-hybridized carbons (Fsp3) is 0.471. The molecule has 1 aliphatic rings. The maximum absolute atomic E-state index is 14.1. The number of aromatic nitrogens is 1. The Hall–Kier alpha value is -3.56. The lowest BCUT2D eigenvalue weighted by Gasteiger charge is -2.34. The molecule has 0 radical (unpaired) electrons. The Morgan fingerprint density at radius 3 is 2.41 bits per heavy atom. The first-order chi connectivity index (χ1) is 23.1. The van der Waals surface area contributed by atoms with Crippen LogP contribution in [0.25, 0.3) is 0 Å². The number of nitrogen functional groups attached to an aromatic ring is 1. The first kappa shape index (κ1) is 38.2. The molecule has 4 N–H and O–H groups in total. The van der Waals surface area contributed by atoms with Gasteiger partial charge in [0.25, 0.3) is 5.91 Å². The number of amides is 4. The number of nitrogens with two attached hydrogens (primary N) is 1. The van der Waals surface area contributed by atoms with Crippen LogP contribution in [0.4, 0.5) is 10.5 Å². The molecule has 1 aliphatic heterocycles. The van der Waals surface area contributed by atoms with Gasteiger partial charge < -0.3 is 21.1 Å². The highest BCUT2D eigenvalue weighted by Gasteiger charge is 2.44. The van der Waals surface area contributed by atoms with Crippen molar-refractivity contribution in [1.82, 2.24) is 24.4 Å². The third-order valence-corrected chi connectivity index (χ3v) is 11.4. The molecular weight excluding hydrogens is 688 g/mol. The number of aliphatic hydroxyl groups is 1. The SMILES string of the molecule is CCc1nc(CN2C(=O)CN([C@H](C(=O)N[C@@H](Cc3ccccc3)[C@@H](O)CN(CC(C)C)S(=O)(=O)c3ccc(Cl)c(N)c3)C(C)C)C2=O)cs1. The summed E-state index contributed by atoms with van der Waals surface area (Å²) in [5, 5.41) is 17.5. The van der Waals surface area contributed by atoms with Crippen LogP contribution in [0.2, 0.25) is 5.02 Å². The van der Waals surface area contributed by atoms with Crippen molar-refractivity contribution in [1.29, 1.82) is 0 Å². The molecule has 0 unspecified atom stereocenters. The van der Waals surface area contributed by atoms with E-state index in [1.54, 1.807) is 13.8 Å². The largest absolute Gasteiger partial charge is 0.397 e. The first-order valence-electron chi connectivity index (χ1n) is 16.2. The van der Waals surface area contributed by atoms with Crippen molar-refractivity contribution in [3.05, 3.63) is 75.2 Å². The summed E-state index contributed by atoms with van der Waals surface area (Å²) in [6.45, 7) is 8.71. The number of carbonyl (C=O) groups excluding carboxylic acids is 3. The van der Waals surface area contributed by atoms with Crippen LogP contribution >= 0.6 is 22.9 Å². The van der Waals surface area contributed by atoms with Crippen LogP contribution in [-0.4, -0.2) is 88.3 Å². The Kier molecular flexibility index (Phi) is 12.8. The molecule has 2 heterocycles.